The molecule has 2 aliphatic rings. The molecular weight excluding hydrogens is 324 g/mol. The summed E-state index contributed by atoms with van der Waals surface area (Å²) in [6.07, 6.45) is 16.2. The van der Waals surface area contributed by atoms with Crippen molar-refractivity contribution in [3.8, 4) is 0 Å². The van der Waals surface area contributed by atoms with Crippen LogP contribution < -0.4 is 0 Å². The van der Waals surface area contributed by atoms with Crippen LogP contribution in [0, 0.1) is 23.7 Å². The summed E-state index contributed by atoms with van der Waals surface area (Å²) in [5.41, 5.74) is 0. The molecular formula is C23H40O3. The first-order valence-corrected chi connectivity index (χ1v) is 11.3. The van der Waals surface area contributed by atoms with Crippen LogP contribution in [0.1, 0.15) is 104 Å². The number of hydrogen-bond acceptors (Lipinski definition) is 3. The monoisotopic (exact) mass is 364 g/mol. The van der Waals surface area contributed by atoms with E-state index < -0.39 is 5.92 Å². The summed E-state index contributed by atoms with van der Waals surface area (Å²) in [6, 6.07) is 0. The van der Waals surface area contributed by atoms with Crippen molar-refractivity contribution in [2.45, 2.75) is 104 Å². The smallest absolute Gasteiger partial charge is 0.316 e. The van der Waals surface area contributed by atoms with Gasteiger partial charge in [0.1, 0.15) is 11.7 Å². The van der Waals surface area contributed by atoms with Gasteiger partial charge in [0.2, 0.25) is 0 Å². The van der Waals surface area contributed by atoms with E-state index in [4.69, 9.17) is 4.74 Å². The van der Waals surface area contributed by atoms with Crippen LogP contribution in [-0.4, -0.2) is 18.4 Å². The van der Waals surface area contributed by atoms with Gasteiger partial charge in [-0.2, -0.15) is 0 Å². The van der Waals surface area contributed by atoms with E-state index in [0.717, 1.165) is 31.6 Å². The number of esters is 1. The van der Waals surface area contributed by atoms with E-state index in [1.165, 1.54) is 51.4 Å². The number of unbranched alkanes of at least 4 members (excludes halogenated alkanes) is 4. The van der Waals surface area contributed by atoms with Crippen LogP contribution in [-0.2, 0) is 14.3 Å². The average Bonchev–Trinajstić information content (AvgIpc) is 2.66. The van der Waals surface area contributed by atoms with Crippen molar-refractivity contribution in [3.05, 3.63) is 0 Å². The Morgan fingerprint density at radius 2 is 1.54 bits per heavy atom. The Balaban J connectivity index is 1.68. The van der Waals surface area contributed by atoms with Crippen molar-refractivity contribution in [2.24, 2.45) is 23.7 Å². The topological polar surface area (TPSA) is 43.4 Å². The number of carbonyl (C=O) groups excluding carboxylic acids is 2. The van der Waals surface area contributed by atoms with Crippen molar-refractivity contribution < 1.29 is 14.3 Å². The van der Waals surface area contributed by atoms with Gasteiger partial charge in [-0.3, -0.25) is 9.59 Å². The third-order valence-corrected chi connectivity index (χ3v) is 6.73. The van der Waals surface area contributed by atoms with E-state index in [-0.39, 0.29) is 11.8 Å². The first-order valence-electron chi connectivity index (χ1n) is 11.3. The van der Waals surface area contributed by atoms with E-state index in [1.807, 2.05) is 0 Å². The van der Waals surface area contributed by atoms with Gasteiger partial charge in [-0.1, -0.05) is 65.2 Å². The molecule has 0 aliphatic heterocycles. The van der Waals surface area contributed by atoms with E-state index in [2.05, 4.69) is 13.8 Å². The summed E-state index contributed by atoms with van der Waals surface area (Å²) in [6.45, 7) is 4.87. The summed E-state index contributed by atoms with van der Waals surface area (Å²) in [7, 11) is 0. The average molecular weight is 365 g/mol. The molecule has 0 amide bonds. The highest BCUT2D eigenvalue weighted by atomic mass is 16.5. The highest BCUT2D eigenvalue weighted by Gasteiger charge is 2.38. The minimum Gasteiger partial charge on any atom is -0.465 e. The van der Waals surface area contributed by atoms with Gasteiger partial charge in [-0.15, -0.1) is 0 Å². The fraction of sp³-hybridized carbons (Fsp3) is 0.913. The van der Waals surface area contributed by atoms with Crippen molar-refractivity contribution in [1.29, 1.82) is 0 Å². The Morgan fingerprint density at radius 3 is 2.19 bits per heavy atom. The maximum Gasteiger partial charge on any atom is 0.316 e. The van der Waals surface area contributed by atoms with Gasteiger partial charge < -0.3 is 4.74 Å². The van der Waals surface area contributed by atoms with E-state index in [1.54, 1.807) is 0 Å². The third kappa shape index (κ3) is 6.70. The summed E-state index contributed by atoms with van der Waals surface area (Å²) in [5, 5.41) is 0. The summed E-state index contributed by atoms with van der Waals surface area (Å²) in [4.78, 5) is 24.7. The minimum absolute atomic E-state index is 0.145. The molecule has 0 bridgehead atoms. The molecule has 2 atom stereocenters. The fourth-order valence-electron chi connectivity index (χ4n) is 4.95. The zero-order valence-corrected chi connectivity index (χ0v) is 17.1. The summed E-state index contributed by atoms with van der Waals surface area (Å²) >= 11 is 0. The van der Waals surface area contributed by atoms with Crippen LogP contribution in [0.25, 0.3) is 0 Å². The largest absolute Gasteiger partial charge is 0.465 e. The van der Waals surface area contributed by atoms with Crippen LogP contribution in [0.4, 0.5) is 0 Å². The van der Waals surface area contributed by atoms with Crippen LogP contribution in [0.3, 0.4) is 0 Å². The molecule has 26 heavy (non-hydrogen) atoms. The van der Waals surface area contributed by atoms with E-state index >= 15 is 0 Å². The first kappa shape index (κ1) is 21.4. The lowest BCUT2D eigenvalue weighted by molar-refractivity contribution is -0.154. The van der Waals surface area contributed by atoms with Gasteiger partial charge in [0.05, 0.1) is 6.61 Å². The molecule has 2 saturated carbocycles. The Morgan fingerprint density at radius 1 is 0.885 bits per heavy atom. The first-order chi connectivity index (χ1) is 12.7. The molecule has 0 saturated heterocycles. The maximum absolute atomic E-state index is 12.5. The maximum atomic E-state index is 12.5. The Kier molecular flexibility index (Phi) is 9.71. The number of rotatable bonds is 10. The Hall–Kier alpha value is -0.860. The van der Waals surface area contributed by atoms with Gasteiger partial charge in [-0.25, -0.2) is 0 Å². The van der Waals surface area contributed by atoms with Gasteiger partial charge in [-0.05, 0) is 49.9 Å². The van der Waals surface area contributed by atoms with Crippen molar-refractivity contribution in [1.82, 2.24) is 0 Å². The number of Topliss-reactive ketones (excluding diaryl/α,β-unsaturated/α-hetero) is 1. The zero-order chi connectivity index (χ0) is 18.8. The number of ether oxygens (including phenoxy) is 1. The highest BCUT2D eigenvalue weighted by molar-refractivity contribution is 5.99. The molecule has 0 N–H and O–H groups in total. The number of carbonyl (C=O) groups is 2. The summed E-state index contributed by atoms with van der Waals surface area (Å²) < 4.78 is 5.34. The normalized spacial score (nSPS) is 29.5. The molecule has 3 nitrogen and oxygen atoms in total. The second kappa shape index (κ2) is 11.8. The molecule has 2 rings (SSSR count). The number of hydrogen-bond donors (Lipinski definition) is 0. The molecule has 3 heteroatoms. The molecule has 150 valence electrons. The predicted octanol–water partition coefficient (Wildman–Crippen LogP) is 6.09. The second-order valence-electron chi connectivity index (χ2n) is 8.71. The molecule has 0 heterocycles. The van der Waals surface area contributed by atoms with E-state index in [9.17, 15) is 9.59 Å². The van der Waals surface area contributed by atoms with Crippen molar-refractivity contribution in [2.75, 3.05) is 6.61 Å². The van der Waals surface area contributed by atoms with Crippen LogP contribution in [0.5, 0.6) is 0 Å². The standard InChI is InChI=1S/C23H40O3/c1-3-5-7-9-18-10-12-19(13-11-18)20-14-15-21(22(24)17-20)23(25)26-16-8-6-4-2/h18-21H,3-17H2,1-2H3. The lowest BCUT2D eigenvalue weighted by atomic mass is 9.68. The lowest BCUT2D eigenvalue weighted by Crippen LogP contribution is -2.35. The third-order valence-electron chi connectivity index (χ3n) is 6.73. The Bertz CT molecular complexity index is 423. The van der Waals surface area contributed by atoms with Gasteiger partial charge >= 0.3 is 5.97 Å². The second-order valence-corrected chi connectivity index (χ2v) is 8.71. The van der Waals surface area contributed by atoms with Gasteiger partial charge in [0.25, 0.3) is 0 Å². The van der Waals surface area contributed by atoms with Crippen LogP contribution in [0.15, 0.2) is 0 Å². The van der Waals surface area contributed by atoms with Crippen molar-refractivity contribution in [3.63, 3.8) is 0 Å². The molecule has 0 spiro atoms. The van der Waals surface area contributed by atoms with Crippen molar-refractivity contribution >= 4 is 11.8 Å². The lowest BCUT2D eigenvalue weighted by Gasteiger charge is -2.36. The molecule has 0 radical (unpaired) electrons. The minimum atomic E-state index is -0.474. The molecule has 0 aromatic rings. The molecule has 2 unspecified atom stereocenters. The van der Waals surface area contributed by atoms with Crippen LogP contribution in [0.2, 0.25) is 0 Å². The molecule has 2 aliphatic carbocycles. The van der Waals surface area contributed by atoms with Crippen LogP contribution >= 0.6 is 0 Å². The number of ketones is 1. The highest BCUT2D eigenvalue weighted by Crippen LogP contribution is 2.41. The molecule has 0 aromatic heterocycles. The van der Waals surface area contributed by atoms with E-state index in [0.29, 0.717) is 31.3 Å². The fourth-order valence-corrected chi connectivity index (χ4v) is 4.95. The quantitative estimate of drug-likeness (QED) is 0.267. The summed E-state index contributed by atoms with van der Waals surface area (Å²) in [5.74, 6) is 1.56. The molecule has 0 aromatic carbocycles. The zero-order valence-electron chi connectivity index (χ0n) is 17.1. The van der Waals surface area contributed by atoms with Gasteiger partial charge in [0, 0.05) is 6.42 Å². The van der Waals surface area contributed by atoms with Gasteiger partial charge in [0.15, 0.2) is 0 Å². The Labute approximate surface area is 160 Å². The predicted molar refractivity (Wildman–Crippen MR) is 106 cm³/mol. The molecule has 2 fully saturated rings. The SMILES string of the molecule is CCCCCOC(=O)C1CCC(C2CCC(CCCCC)CC2)CC1=O.